The lowest BCUT2D eigenvalue weighted by Crippen LogP contribution is -2.29. The number of methoxy groups -OCH3 is 1. The van der Waals surface area contributed by atoms with Crippen LogP contribution in [0.25, 0.3) is 11.0 Å². The molecule has 0 radical (unpaired) electrons. The second-order valence-electron chi connectivity index (χ2n) is 4.37. The van der Waals surface area contributed by atoms with Crippen molar-refractivity contribution in [3.8, 4) is 0 Å². The van der Waals surface area contributed by atoms with E-state index < -0.39 is 11.1 Å². The van der Waals surface area contributed by atoms with Crippen LogP contribution in [0.15, 0.2) is 27.8 Å². The van der Waals surface area contributed by atoms with Crippen LogP contribution in [0.3, 0.4) is 0 Å². The number of fused-ring (bicyclic) bond motifs is 1. The molecular formula is C13H17N3O3. The van der Waals surface area contributed by atoms with Crippen molar-refractivity contribution in [1.82, 2.24) is 9.97 Å². The maximum absolute atomic E-state index is 11.3. The first-order chi connectivity index (χ1) is 9.13. The number of hydrogen-bond acceptors (Lipinski definition) is 4. The summed E-state index contributed by atoms with van der Waals surface area (Å²) in [5.41, 5.74) is 0.795. The lowest BCUT2D eigenvalue weighted by Gasteiger charge is -2.17. The Hall–Kier alpha value is -2.08. The Morgan fingerprint density at radius 2 is 1.89 bits per heavy atom. The predicted octanol–water partition coefficient (Wildman–Crippen LogP) is 1.05. The van der Waals surface area contributed by atoms with Gasteiger partial charge in [0.1, 0.15) is 0 Å². The molecule has 0 aliphatic heterocycles. The molecule has 1 unspecified atom stereocenters. The van der Waals surface area contributed by atoms with Gasteiger partial charge in [-0.2, -0.15) is 0 Å². The predicted molar refractivity (Wildman–Crippen MR) is 74.8 cm³/mol. The first-order valence-electron chi connectivity index (χ1n) is 6.16. The van der Waals surface area contributed by atoms with Gasteiger partial charge in [0.25, 0.3) is 0 Å². The first-order valence-corrected chi connectivity index (χ1v) is 6.16. The van der Waals surface area contributed by atoms with Crippen LogP contribution >= 0.6 is 0 Å². The highest BCUT2D eigenvalue weighted by Crippen LogP contribution is 2.15. The number of H-pyrrole nitrogens is 2. The highest BCUT2D eigenvalue weighted by Gasteiger charge is 2.06. The van der Waals surface area contributed by atoms with E-state index in [4.69, 9.17) is 4.74 Å². The van der Waals surface area contributed by atoms with Gasteiger partial charge < -0.3 is 20.0 Å². The van der Waals surface area contributed by atoms with E-state index in [1.165, 1.54) is 0 Å². The molecule has 0 aliphatic carbocycles. The Morgan fingerprint density at radius 3 is 2.53 bits per heavy atom. The van der Waals surface area contributed by atoms with Gasteiger partial charge in [-0.05, 0) is 24.6 Å². The van der Waals surface area contributed by atoms with Crippen molar-refractivity contribution in [3.05, 3.63) is 38.9 Å². The van der Waals surface area contributed by atoms with E-state index >= 15 is 0 Å². The maximum Gasteiger partial charge on any atom is 0.314 e. The smallest absolute Gasteiger partial charge is 0.314 e. The van der Waals surface area contributed by atoms with Gasteiger partial charge in [-0.1, -0.05) is 6.92 Å². The van der Waals surface area contributed by atoms with E-state index in [1.807, 2.05) is 6.07 Å². The van der Waals surface area contributed by atoms with E-state index in [0.29, 0.717) is 17.6 Å². The van der Waals surface area contributed by atoms with Crippen LogP contribution in [0.5, 0.6) is 0 Å². The SMILES string of the molecule is CCC(COC)Nc1ccc2[nH]c(=O)c(=O)[nH]c2c1. The molecule has 6 nitrogen and oxygen atoms in total. The van der Waals surface area contributed by atoms with Crippen LogP contribution in [-0.2, 0) is 4.74 Å². The second-order valence-corrected chi connectivity index (χ2v) is 4.37. The molecule has 0 fully saturated rings. The Balaban J connectivity index is 2.33. The van der Waals surface area contributed by atoms with Crippen LogP contribution in [0.4, 0.5) is 5.69 Å². The van der Waals surface area contributed by atoms with E-state index in [2.05, 4.69) is 22.2 Å². The van der Waals surface area contributed by atoms with E-state index in [0.717, 1.165) is 12.1 Å². The summed E-state index contributed by atoms with van der Waals surface area (Å²) < 4.78 is 5.12. The molecule has 1 aromatic heterocycles. The van der Waals surface area contributed by atoms with Crippen molar-refractivity contribution in [2.75, 3.05) is 19.0 Å². The van der Waals surface area contributed by atoms with Crippen molar-refractivity contribution < 1.29 is 4.74 Å². The summed E-state index contributed by atoms with van der Waals surface area (Å²) in [6.45, 7) is 2.67. The van der Waals surface area contributed by atoms with Crippen molar-refractivity contribution in [2.45, 2.75) is 19.4 Å². The number of nitrogens with one attached hydrogen (secondary N) is 3. The van der Waals surface area contributed by atoms with Crippen molar-refractivity contribution in [1.29, 1.82) is 0 Å². The molecule has 0 aliphatic rings. The minimum atomic E-state index is -0.645. The molecule has 19 heavy (non-hydrogen) atoms. The van der Waals surface area contributed by atoms with Crippen molar-refractivity contribution in [2.24, 2.45) is 0 Å². The fraction of sp³-hybridized carbons (Fsp3) is 0.385. The standard InChI is InChI=1S/C13H17N3O3/c1-3-8(7-19-2)14-9-4-5-10-11(6-9)16-13(18)12(17)15-10/h4-6,8,14H,3,7H2,1-2H3,(H,15,17)(H,16,18). The third-order valence-electron chi connectivity index (χ3n) is 2.95. The van der Waals surface area contributed by atoms with Crippen LogP contribution in [-0.4, -0.2) is 29.7 Å². The van der Waals surface area contributed by atoms with Gasteiger partial charge >= 0.3 is 11.1 Å². The van der Waals surface area contributed by atoms with Gasteiger partial charge in [0.2, 0.25) is 0 Å². The number of anilines is 1. The van der Waals surface area contributed by atoms with Crippen LogP contribution < -0.4 is 16.4 Å². The molecule has 0 saturated heterocycles. The van der Waals surface area contributed by atoms with E-state index in [-0.39, 0.29) is 6.04 Å². The van der Waals surface area contributed by atoms with Gasteiger partial charge in [0, 0.05) is 18.8 Å². The molecule has 0 bridgehead atoms. The summed E-state index contributed by atoms with van der Waals surface area (Å²) in [6, 6.07) is 5.62. The van der Waals surface area contributed by atoms with Crippen molar-refractivity contribution in [3.63, 3.8) is 0 Å². The van der Waals surface area contributed by atoms with Gasteiger partial charge in [-0.15, -0.1) is 0 Å². The average molecular weight is 263 g/mol. The van der Waals surface area contributed by atoms with E-state index in [1.54, 1.807) is 19.2 Å². The molecule has 6 heteroatoms. The van der Waals surface area contributed by atoms with Crippen LogP contribution in [0.2, 0.25) is 0 Å². The summed E-state index contributed by atoms with van der Waals surface area (Å²) >= 11 is 0. The zero-order valence-electron chi connectivity index (χ0n) is 10.9. The third-order valence-corrected chi connectivity index (χ3v) is 2.95. The molecule has 0 amide bonds. The monoisotopic (exact) mass is 263 g/mol. The highest BCUT2D eigenvalue weighted by molar-refractivity contribution is 5.78. The Labute approximate surface area is 109 Å². The normalized spacial score (nSPS) is 12.5. The molecule has 2 aromatic rings. The lowest BCUT2D eigenvalue weighted by atomic mass is 10.2. The van der Waals surface area contributed by atoms with Gasteiger partial charge in [0.05, 0.1) is 17.6 Å². The number of aromatic amines is 2. The number of aromatic nitrogens is 2. The molecule has 0 spiro atoms. The molecule has 3 N–H and O–H groups in total. The number of benzene rings is 1. The molecule has 1 atom stereocenters. The summed E-state index contributed by atoms with van der Waals surface area (Å²) in [5, 5.41) is 3.32. The number of hydrogen-bond donors (Lipinski definition) is 3. The summed E-state index contributed by atoms with van der Waals surface area (Å²) in [6.07, 6.45) is 0.925. The molecule has 1 aromatic carbocycles. The Kier molecular flexibility index (Phi) is 4.01. The second kappa shape index (κ2) is 5.71. The first kappa shape index (κ1) is 13.4. The van der Waals surface area contributed by atoms with Crippen LogP contribution in [0, 0.1) is 0 Å². The average Bonchev–Trinajstić information content (AvgIpc) is 2.40. The zero-order valence-corrected chi connectivity index (χ0v) is 10.9. The molecule has 1 heterocycles. The maximum atomic E-state index is 11.3. The quantitative estimate of drug-likeness (QED) is 0.704. The fourth-order valence-electron chi connectivity index (χ4n) is 1.90. The van der Waals surface area contributed by atoms with Gasteiger partial charge in [-0.25, -0.2) is 0 Å². The largest absolute Gasteiger partial charge is 0.383 e. The Morgan fingerprint density at radius 1 is 1.21 bits per heavy atom. The third kappa shape index (κ3) is 3.03. The minimum absolute atomic E-state index is 0.205. The lowest BCUT2D eigenvalue weighted by molar-refractivity contribution is 0.184. The summed E-state index contributed by atoms with van der Waals surface area (Å²) in [7, 11) is 1.66. The summed E-state index contributed by atoms with van der Waals surface area (Å²) in [5.74, 6) is 0. The number of ether oxygens (including phenoxy) is 1. The Bertz CT molecular complexity index is 675. The zero-order chi connectivity index (χ0) is 13.8. The van der Waals surface area contributed by atoms with E-state index in [9.17, 15) is 9.59 Å². The highest BCUT2D eigenvalue weighted by atomic mass is 16.5. The molecule has 0 saturated carbocycles. The number of rotatable bonds is 5. The fourth-order valence-corrected chi connectivity index (χ4v) is 1.90. The molecular weight excluding hydrogens is 246 g/mol. The van der Waals surface area contributed by atoms with Crippen LogP contribution in [0.1, 0.15) is 13.3 Å². The minimum Gasteiger partial charge on any atom is -0.383 e. The van der Waals surface area contributed by atoms with Gasteiger partial charge in [-0.3, -0.25) is 9.59 Å². The van der Waals surface area contributed by atoms with Gasteiger partial charge in [0.15, 0.2) is 0 Å². The summed E-state index contributed by atoms with van der Waals surface area (Å²) in [4.78, 5) is 27.6. The molecule has 2 rings (SSSR count). The topological polar surface area (TPSA) is 87.0 Å². The molecule has 102 valence electrons. The van der Waals surface area contributed by atoms with Crippen molar-refractivity contribution >= 4 is 16.7 Å².